The molecule has 27 heavy (non-hydrogen) atoms. The molecule has 2 aromatic carbocycles. The number of sulfonamides is 1. The first kappa shape index (κ1) is 19.3. The summed E-state index contributed by atoms with van der Waals surface area (Å²) in [5.74, 6) is -0.907. The lowest BCUT2D eigenvalue weighted by atomic mass is 10.1. The molecule has 0 radical (unpaired) electrons. The summed E-state index contributed by atoms with van der Waals surface area (Å²) in [6.07, 6.45) is 0.214. The quantitative estimate of drug-likeness (QED) is 0.599. The van der Waals surface area contributed by atoms with Gasteiger partial charge in [-0.25, -0.2) is 18.2 Å². The van der Waals surface area contributed by atoms with E-state index in [-0.39, 0.29) is 17.7 Å². The lowest BCUT2D eigenvalue weighted by molar-refractivity contribution is -0.136. The highest BCUT2D eigenvalue weighted by molar-refractivity contribution is 9.10. The summed E-state index contributed by atoms with van der Waals surface area (Å²) in [6, 6.07) is 15.5. The summed E-state index contributed by atoms with van der Waals surface area (Å²) in [4.78, 5) is 10.9. The number of nitrogens with two attached hydrogens (primary N) is 1. The number of halogens is 1. The average Bonchev–Trinajstić information content (AvgIpc) is 2.96. The molecule has 0 spiro atoms. The summed E-state index contributed by atoms with van der Waals surface area (Å²) in [7, 11) is -3.79. The molecule has 9 heteroatoms. The Morgan fingerprint density at radius 3 is 2.30 bits per heavy atom. The normalized spacial score (nSPS) is 11.5. The Balaban J connectivity index is 2.13. The fourth-order valence-corrected chi connectivity index (χ4v) is 3.83. The highest BCUT2D eigenvalue weighted by Crippen LogP contribution is 2.34. The zero-order valence-corrected chi connectivity index (χ0v) is 16.4. The van der Waals surface area contributed by atoms with Gasteiger partial charge in [-0.1, -0.05) is 30.3 Å². The summed E-state index contributed by atoms with van der Waals surface area (Å²) >= 11 is 3.54. The van der Waals surface area contributed by atoms with Crippen molar-refractivity contribution in [2.24, 2.45) is 5.14 Å². The minimum Gasteiger partial charge on any atom is -0.481 e. The SMILES string of the molecule is NS(=O)(=O)c1ccc(-n2nc(CCC(=O)O)c(Br)c2-c2ccccc2)cc1. The number of nitrogens with zero attached hydrogens (tertiary/aromatic N) is 2. The monoisotopic (exact) mass is 449 g/mol. The fraction of sp³-hybridized carbons (Fsp3) is 0.111. The van der Waals surface area contributed by atoms with Crippen LogP contribution in [0.2, 0.25) is 0 Å². The van der Waals surface area contributed by atoms with Crippen LogP contribution >= 0.6 is 15.9 Å². The van der Waals surface area contributed by atoms with Crippen LogP contribution in [-0.4, -0.2) is 29.3 Å². The number of hydrogen-bond acceptors (Lipinski definition) is 4. The van der Waals surface area contributed by atoms with E-state index in [4.69, 9.17) is 10.2 Å². The van der Waals surface area contributed by atoms with Crippen LogP contribution < -0.4 is 5.14 Å². The predicted octanol–water partition coefficient (Wildman–Crippen LogP) is 2.97. The first-order valence-electron chi connectivity index (χ1n) is 7.95. The lowest BCUT2D eigenvalue weighted by Gasteiger charge is -2.09. The smallest absolute Gasteiger partial charge is 0.303 e. The van der Waals surface area contributed by atoms with Gasteiger partial charge in [0, 0.05) is 12.0 Å². The Kier molecular flexibility index (Phi) is 5.45. The van der Waals surface area contributed by atoms with Crippen molar-refractivity contribution in [3.63, 3.8) is 0 Å². The van der Waals surface area contributed by atoms with Crippen molar-refractivity contribution in [3.8, 4) is 16.9 Å². The van der Waals surface area contributed by atoms with Gasteiger partial charge in [-0.05, 0) is 40.2 Å². The minimum atomic E-state index is -3.79. The molecule has 0 bridgehead atoms. The third-order valence-corrected chi connectivity index (χ3v) is 5.69. The Morgan fingerprint density at radius 1 is 1.11 bits per heavy atom. The van der Waals surface area contributed by atoms with Crippen molar-refractivity contribution in [3.05, 3.63) is 64.8 Å². The van der Waals surface area contributed by atoms with Crippen LogP contribution in [0.4, 0.5) is 0 Å². The van der Waals surface area contributed by atoms with E-state index in [0.717, 1.165) is 11.3 Å². The van der Waals surface area contributed by atoms with Gasteiger partial charge in [0.1, 0.15) is 0 Å². The second-order valence-electron chi connectivity index (χ2n) is 5.82. The Morgan fingerprint density at radius 2 is 1.74 bits per heavy atom. The van der Waals surface area contributed by atoms with Crippen molar-refractivity contribution in [2.45, 2.75) is 17.7 Å². The zero-order chi connectivity index (χ0) is 19.6. The first-order chi connectivity index (χ1) is 12.8. The van der Waals surface area contributed by atoms with Crippen molar-refractivity contribution in [2.75, 3.05) is 0 Å². The molecule has 0 saturated heterocycles. The molecule has 3 aromatic rings. The second-order valence-corrected chi connectivity index (χ2v) is 8.17. The van der Waals surface area contributed by atoms with E-state index in [2.05, 4.69) is 21.0 Å². The lowest BCUT2D eigenvalue weighted by Crippen LogP contribution is -2.12. The van der Waals surface area contributed by atoms with Crippen LogP contribution in [0.25, 0.3) is 16.9 Å². The van der Waals surface area contributed by atoms with Crippen LogP contribution in [0.15, 0.2) is 64.0 Å². The third kappa shape index (κ3) is 4.26. The molecule has 140 valence electrons. The topological polar surface area (TPSA) is 115 Å². The molecule has 0 aliphatic rings. The molecule has 3 rings (SSSR count). The number of carboxylic acids is 1. The van der Waals surface area contributed by atoms with Crippen LogP contribution in [0.3, 0.4) is 0 Å². The maximum atomic E-state index is 11.5. The predicted molar refractivity (Wildman–Crippen MR) is 104 cm³/mol. The number of rotatable bonds is 6. The summed E-state index contributed by atoms with van der Waals surface area (Å²) < 4.78 is 25.3. The van der Waals surface area contributed by atoms with Gasteiger partial charge in [-0.15, -0.1) is 0 Å². The van der Waals surface area contributed by atoms with E-state index in [1.165, 1.54) is 12.1 Å². The van der Waals surface area contributed by atoms with Gasteiger partial charge in [0.05, 0.1) is 32.9 Å². The Bertz CT molecular complexity index is 1080. The zero-order valence-electron chi connectivity index (χ0n) is 14.0. The highest BCUT2D eigenvalue weighted by Gasteiger charge is 2.19. The van der Waals surface area contributed by atoms with Crippen LogP contribution in [-0.2, 0) is 21.2 Å². The van der Waals surface area contributed by atoms with Crippen molar-refractivity contribution in [1.82, 2.24) is 9.78 Å². The molecule has 0 aliphatic heterocycles. The van der Waals surface area contributed by atoms with Gasteiger partial charge >= 0.3 is 5.97 Å². The van der Waals surface area contributed by atoms with E-state index in [1.807, 2.05) is 30.3 Å². The molecule has 7 nitrogen and oxygen atoms in total. The first-order valence-corrected chi connectivity index (χ1v) is 10.3. The van der Waals surface area contributed by atoms with Gasteiger partial charge in [0.15, 0.2) is 0 Å². The van der Waals surface area contributed by atoms with Gasteiger partial charge in [-0.3, -0.25) is 4.79 Å². The molecule has 1 aromatic heterocycles. The molecule has 0 atom stereocenters. The number of primary sulfonamides is 1. The summed E-state index contributed by atoms with van der Waals surface area (Å²) in [5, 5.41) is 18.7. The summed E-state index contributed by atoms with van der Waals surface area (Å²) in [6.45, 7) is 0. The van der Waals surface area contributed by atoms with E-state index in [1.54, 1.807) is 16.8 Å². The number of aromatic nitrogens is 2. The Labute approximate surface area is 164 Å². The summed E-state index contributed by atoms with van der Waals surface area (Å²) in [5.41, 5.74) is 2.86. The molecule has 3 N–H and O–H groups in total. The number of hydrogen-bond donors (Lipinski definition) is 2. The molecule has 0 aliphatic carbocycles. The highest BCUT2D eigenvalue weighted by atomic mass is 79.9. The molecular weight excluding hydrogens is 434 g/mol. The minimum absolute atomic E-state index is 0.00448. The standard InChI is InChI=1S/C18H16BrN3O4S/c19-17-15(10-11-16(23)24)21-22(18(17)12-4-2-1-3-5-12)13-6-8-14(9-7-13)27(20,25)26/h1-9H,10-11H2,(H,23,24)(H2,20,25,26). The number of carbonyl (C=O) groups is 1. The maximum Gasteiger partial charge on any atom is 0.303 e. The van der Waals surface area contributed by atoms with Crippen LogP contribution in [0.1, 0.15) is 12.1 Å². The van der Waals surface area contributed by atoms with Crippen LogP contribution in [0, 0.1) is 0 Å². The molecule has 0 unspecified atom stereocenters. The van der Waals surface area contributed by atoms with Crippen molar-refractivity contribution < 1.29 is 18.3 Å². The largest absolute Gasteiger partial charge is 0.481 e. The van der Waals surface area contributed by atoms with E-state index >= 15 is 0 Å². The van der Waals surface area contributed by atoms with E-state index in [0.29, 0.717) is 15.9 Å². The molecule has 0 amide bonds. The number of carboxylic acid groups (broad SMARTS) is 1. The van der Waals surface area contributed by atoms with Gasteiger partial charge < -0.3 is 5.11 Å². The molecule has 0 fully saturated rings. The van der Waals surface area contributed by atoms with Crippen molar-refractivity contribution >= 4 is 31.9 Å². The van der Waals surface area contributed by atoms with Gasteiger partial charge in [0.2, 0.25) is 10.0 Å². The Hall–Kier alpha value is -2.49. The van der Waals surface area contributed by atoms with E-state index < -0.39 is 16.0 Å². The third-order valence-electron chi connectivity index (χ3n) is 3.93. The molecule has 1 heterocycles. The number of benzene rings is 2. The average molecular weight is 450 g/mol. The second kappa shape index (κ2) is 7.63. The van der Waals surface area contributed by atoms with E-state index in [9.17, 15) is 13.2 Å². The van der Waals surface area contributed by atoms with Crippen LogP contribution in [0.5, 0.6) is 0 Å². The van der Waals surface area contributed by atoms with Crippen molar-refractivity contribution in [1.29, 1.82) is 0 Å². The number of aliphatic carboxylic acids is 1. The fourth-order valence-electron chi connectivity index (χ4n) is 2.64. The maximum absolute atomic E-state index is 11.5. The van der Waals surface area contributed by atoms with Gasteiger partial charge in [0.25, 0.3) is 0 Å². The number of aryl methyl sites for hydroxylation is 1. The van der Waals surface area contributed by atoms with Gasteiger partial charge in [-0.2, -0.15) is 5.10 Å². The molecular formula is C18H16BrN3O4S. The molecule has 0 saturated carbocycles.